The highest BCUT2D eigenvalue weighted by Gasteiger charge is 2.15. The van der Waals surface area contributed by atoms with E-state index in [0.717, 1.165) is 11.8 Å². The average molecular weight is 276 g/mol. The van der Waals surface area contributed by atoms with Crippen LogP contribution in [0.25, 0.3) is 6.08 Å². The third-order valence-electron chi connectivity index (χ3n) is 2.21. The van der Waals surface area contributed by atoms with Gasteiger partial charge in [0, 0.05) is 24.5 Å². The van der Waals surface area contributed by atoms with Gasteiger partial charge < -0.3 is 10.1 Å². The number of hydrogen-bond acceptors (Lipinski definition) is 4. The Morgan fingerprint density at radius 2 is 2.05 bits per heavy atom. The van der Waals surface area contributed by atoms with Crippen LogP contribution in [0.4, 0.5) is 4.79 Å². The highest BCUT2D eigenvalue weighted by atomic mass is 16.6. The molecule has 108 valence electrons. The second-order valence-corrected chi connectivity index (χ2v) is 5.29. The van der Waals surface area contributed by atoms with Gasteiger partial charge in [-0.25, -0.2) is 4.79 Å². The smallest absolute Gasteiger partial charge is 0.407 e. The van der Waals surface area contributed by atoms with Crippen LogP contribution in [0, 0.1) is 0 Å². The monoisotopic (exact) mass is 276 g/mol. The number of hydrogen-bond donors (Lipinski definition) is 1. The van der Waals surface area contributed by atoms with E-state index >= 15 is 0 Å². The Hall–Kier alpha value is -2.17. The Morgan fingerprint density at radius 3 is 2.70 bits per heavy atom. The molecule has 5 nitrogen and oxygen atoms in total. The molecule has 1 N–H and O–H groups in total. The van der Waals surface area contributed by atoms with E-state index in [1.807, 2.05) is 32.9 Å². The maximum Gasteiger partial charge on any atom is 0.407 e. The molecular formula is C15H20N2O3. The van der Waals surface area contributed by atoms with Gasteiger partial charge in [-0.3, -0.25) is 9.78 Å². The van der Waals surface area contributed by atoms with Gasteiger partial charge in [-0.1, -0.05) is 12.2 Å². The third kappa shape index (κ3) is 6.68. The van der Waals surface area contributed by atoms with Gasteiger partial charge in [-0.2, -0.15) is 0 Å². The Bertz CT molecular complexity index is 490. The second kappa shape index (κ2) is 7.43. The second-order valence-electron chi connectivity index (χ2n) is 5.29. The number of pyridine rings is 1. The first-order valence-electron chi connectivity index (χ1n) is 6.44. The van der Waals surface area contributed by atoms with Crippen LogP contribution >= 0.6 is 0 Å². The van der Waals surface area contributed by atoms with Crippen LogP contribution in [0.2, 0.25) is 0 Å². The van der Waals surface area contributed by atoms with E-state index in [0.29, 0.717) is 18.5 Å². The molecule has 0 saturated heterocycles. The van der Waals surface area contributed by atoms with Gasteiger partial charge >= 0.3 is 6.09 Å². The van der Waals surface area contributed by atoms with E-state index in [2.05, 4.69) is 10.3 Å². The molecule has 0 saturated carbocycles. The molecule has 1 aromatic heterocycles. The number of carbonyl (C=O) groups is 2. The average Bonchev–Trinajstić information content (AvgIpc) is 2.36. The standard InChI is InChI=1S/C15H20N2O3/c1-15(2,3)20-14(19)17-7-5-4-6-12-8-13(11-18)10-16-9-12/h4,6,8-11H,5,7H2,1-3H3,(H,17,19). The van der Waals surface area contributed by atoms with Crippen molar-refractivity contribution in [2.24, 2.45) is 0 Å². The van der Waals surface area contributed by atoms with Crippen molar-refractivity contribution in [3.05, 3.63) is 35.7 Å². The molecule has 0 bridgehead atoms. The molecule has 0 aliphatic rings. The Balaban J connectivity index is 2.31. The summed E-state index contributed by atoms with van der Waals surface area (Å²) in [5, 5.41) is 2.66. The maximum atomic E-state index is 11.4. The largest absolute Gasteiger partial charge is 0.444 e. The summed E-state index contributed by atoms with van der Waals surface area (Å²) >= 11 is 0. The Morgan fingerprint density at radius 1 is 1.35 bits per heavy atom. The lowest BCUT2D eigenvalue weighted by atomic mass is 10.2. The number of aldehydes is 1. The highest BCUT2D eigenvalue weighted by Crippen LogP contribution is 2.06. The first kappa shape index (κ1) is 15.9. The summed E-state index contributed by atoms with van der Waals surface area (Å²) in [7, 11) is 0. The van der Waals surface area contributed by atoms with Crippen LogP contribution < -0.4 is 5.32 Å². The number of rotatable bonds is 5. The number of carbonyl (C=O) groups excluding carboxylic acids is 2. The molecule has 20 heavy (non-hydrogen) atoms. The maximum absolute atomic E-state index is 11.4. The van der Waals surface area contributed by atoms with Gasteiger partial charge in [0.15, 0.2) is 6.29 Å². The summed E-state index contributed by atoms with van der Waals surface area (Å²) in [5.74, 6) is 0. The fourth-order valence-corrected chi connectivity index (χ4v) is 1.42. The molecule has 0 aromatic carbocycles. The fourth-order valence-electron chi connectivity index (χ4n) is 1.42. The molecule has 1 aromatic rings. The van der Waals surface area contributed by atoms with E-state index in [-0.39, 0.29) is 0 Å². The van der Waals surface area contributed by atoms with Crippen LogP contribution in [-0.4, -0.2) is 29.5 Å². The van der Waals surface area contributed by atoms with Gasteiger partial charge in [0.05, 0.1) is 0 Å². The minimum atomic E-state index is -0.485. The zero-order valence-electron chi connectivity index (χ0n) is 12.1. The molecule has 1 heterocycles. The minimum Gasteiger partial charge on any atom is -0.444 e. The van der Waals surface area contributed by atoms with Crippen LogP contribution in [0.15, 0.2) is 24.5 Å². The molecule has 5 heteroatoms. The first-order chi connectivity index (χ1) is 9.40. The number of nitrogens with one attached hydrogen (secondary N) is 1. The van der Waals surface area contributed by atoms with Crippen LogP contribution in [0.1, 0.15) is 43.1 Å². The van der Waals surface area contributed by atoms with Crippen molar-refractivity contribution in [3.63, 3.8) is 0 Å². The molecule has 0 atom stereocenters. The van der Waals surface area contributed by atoms with Gasteiger partial charge in [0.2, 0.25) is 0 Å². The summed E-state index contributed by atoms with van der Waals surface area (Å²) < 4.78 is 5.11. The van der Waals surface area contributed by atoms with E-state index in [4.69, 9.17) is 4.74 Å². The summed E-state index contributed by atoms with van der Waals surface area (Å²) in [6, 6.07) is 1.75. The van der Waals surface area contributed by atoms with E-state index in [1.54, 1.807) is 12.3 Å². The fraction of sp³-hybridized carbons (Fsp3) is 0.400. The molecule has 0 radical (unpaired) electrons. The first-order valence-corrected chi connectivity index (χ1v) is 6.44. The van der Waals surface area contributed by atoms with E-state index in [9.17, 15) is 9.59 Å². The van der Waals surface area contributed by atoms with Crippen LogP contribution in [0.5, 0.6) is 0 Å². The number of nitrogens with zero attached hydrogens (tertiary/aromatic N) is 1. The van der Waals surface area contributed by atoms with Gasteiger partial charge in [-0.05, 0) is 38.8 Å². The van der Waals surface area contributed by atoms with Crippen molar-refractivity contribution < 1.29 is 14.3 Å². The SMILES string of the molecule is CC(C)(C)OC(=O)NCCC=Cc1cncc(C=O)c1. The van der Waals surface area contributed by atoms with Crippen molar-refractivity contribution in [2.45, 2.75) is 32.8 Å². The molecule has 0 unspecified atom stereocenters. The van der Waals surface area contributed by atoms with Gasteiger partial charge in [0.1, 0.15) is 5.60 Å². The Labute approximate surface area is 119 Å². The predicted octanol–water partition coefficient (Wildman–Crippen LogP) is 2.82. The lowest BCUT2D eigenvalue weighted by molar-refractivity contribution is 0.0528. The highest BCUT2D eigenvalue weighted by molar-refractivity contribution is 5.75. The van der Waals surface area contributed by atoms with Crippen molar-refractivity contribution in [1.82, 2.24) is 10.3 Å². The molecule has 0 spiro atoms. The molecule has 1 amide bonds. The summed E-state index contributed by atoms with van der Waals surface area (Å²) in [5.41, 5.74) is 0.909. The molecule has 0 fully saturated rings. The van der Waals surface area contributed by atoms with Crippen molar-refractivity contribution in [1.29, 1.82) is 0 Å². The zero-order valence-corrected chi connectivity index (χ0v) is 12.1. The summed E-state index contributed by atoms with van der Waals surface area (Å²) in [6.07, 6.45) is 7.95. The lowest BCUT2D eigenvalue weighted by Gasteiger charge is -2.19. The lowest BCUT2D eigenvalue weighted by Crippen LogP contribution is -2.32. The number of amides is 1. The van der Waals surface area contributed by atoms with Crippen LogP contribution in [-0.2, 0) is 4.74 Å². The number of ether oxygens (including phenoxy) is 1. The third-order valence-corrected chi connectivity index (χ3v) is 2.21. The molecule has 1 rings (SSSR count). The molecular weight excluding hydrogens is 256 g/mol. The van der Waals surface area contributed by atoms with Gasteiger partial charge in [0.25, 0.3) is 0 Å². The quantitative estimate of drug-likeness (QED) is 0.663. The van der Waals surface area contributed by atoms with Gasteiger partial charge in [-0.15, -0.1) is 0 Å². The zero-order chi connectivity index (χ0) is 15.0. The normalized spacial score (nSPS) is 11.3. The summed E-state index contributed by atoms with van der Waals surface area (Å²) in [6.45, 7) is 5.95. The van der Waals surface area contributed by atoms with Crippen LogP contribution in [0.3, 0.4) is 0 Å². The Kier molecular flexibility index (Phi) is 5.90. The van der Waals surface area contributed by atoms with E-state index in [1.165, 1.54) is 6.20 Å². The number of aromatic nitrogens is 1. The van der Waals surface area contributed by atoms with Crippen molar-refractivity contribution in [3.8, 4) is 0 Å². The minimum absolute atomic E-state index is 0.421. The topological polar surface area (TPSA) is 68.3 Å². The van der Waals surface area contributed by atoms with E-state index < -0.39 is 11.7 Å². The predicted molar refractivity (Wildman–Crippen MR) is 77.5 cm³/mol. The molecule has 0 aliphatic carbocycles. The number of alkyl carbamates (subject to hydrolysis) is 1. The molecule has 0 aliphatic heterocycles. The van der Waals surface area contributed by atoms with Crippen molar-refractivity contribution >= 4 is 18.5 Å². The summed E-state index contributed by atoms with van der Waals surface area (Å²) in [4.78, 5) is 25.9. The van der Waals surface area contributed by atoms with Crippen molar-refractivity contribution in [2.75, 3.05) is 6.54 Å².